The van der Waals surface area contributed by atoms with Crippen molar-refractivity contribution in [2.45, 2.75) is 26.7 Å². The molecular weight excluding hydrogens is 322 g/mol. The number of hydrogen-bond acceptors (Lipinski definition) is 6. The van der Waals surface area contributed by atoms with Crippen molar-refractivity contribution in [3.8, 4) is 5.88 Å². The lowest BCUT2D eigenvalue weighted by Crippen LogP contribution is -2.14. The Bertz CT molecular complexity index is 717. The summed E-state index contributed by atoms with van der Waals surface area (Å²) >= 11 is 0. The van der Waals surface area contributed by atoms with Gasteiger partial charge in [-0.3, -0.25) is 4.79 Å². The number of anilines is 1. The third-order valence-electron chi connectivity index (χ3n) is 3.28. The molecule has 1 amide bonds. The van der Waals surface area contributed by atoms with Crippen LogP contribution in [0.1, 0.15) is 47.5 Å². The molecule has 7 heteroatoms. The zero-order valence-electron chi connectivity index (χ0n) is 14.3. The van der Waals surface area contributed by atoms with Gasteiger partial charge in [0.15, 0.2) is 0 Å². The van der Waals surface area contributed by atoms with Crippen LogP contribution in [0.25, 0.3) is 0 Å². The number of benzene rings is 1. The lowest BCUT2D eigenvalue weighted by molar-refractivity contribution is 0.0499. The number of esters is 1. The predicted molar refractivity (Wildman–Crippen MR) is 92.8 cm³/mol. The predicted octanol–water partition coefficient (Wildman–Crippen LogP) is 3.08. The van der Waals surface area contributed by atoms with Crippen molar-refractivity contribution in [1.82, 2.24) is 9.97 Å². The fourth-order valence-corrected chi connectivity index (χ4v) is 1.97. The normalized spacial score (nSPS) is 10.2. The molecule has 132 valence electrons. The van der Waals surface area contributed by atoms with Crippen molar-refractivity contribution in [2.24, 2.45) is 0 Å². The molecule has 0 fully saturated rings. The van der Waals surface area contributed by atoms with Gasteiger partial charge >= 0.3 is 5.97 Å². The minimum atomic E-state index is -0.387. The van der Waals surface area contributed by atoms with Crippen LogP contribution >= 0.6 is 0 Å². The molecule has 1 aromatic carbocycles. The average Bonchev–Trinajstić information content (AvgIpc) is 2.63. The zero-order chi connectivity index (χ0) is 18.1. The molecule has 0 saturated heterocycles. The van der Waals surface area contributed by atoms with Crippen molar-refractivity contribution < 1.29 is 19.1 Å². The molecule has 1 N–H and O–H groups in total. The number of ether oxygens (including phenoxy) is 2. The first-order chi connectivity index (χ1) is 12.1. The maximum Gasteiger partial charge on any atom is 0.338 e. The van der Waals surface area contributed by atoms with Crippen LogP contribution in [0.4, 0.5) is 5.69 Å². The molecule has 0 aliphatic rings. The Morgan fingerprint density at radius 3 is 2.56 bits per heavy atom. The molecule has 0 radical (unpaired) electrons. The van der Waals surface area contributed by atoms with Gasteiger partial charge in [-0.15, -0.1) is 0 Å². The molecule has 0 saturated carbocycles. The molecule has 7 nitrogen and oxygen atoms in total. The highest BCUT2D eigenvalue weighted by Gasteiger charge is 2.11. The minimum Gasteiger partial charge on any atom is -0.478 e. The van der Waals surface area contributed by atoms with E-state index in [1.165, 1.54) is 12.4 Å². The molecule has 2 aromatic rings. The number of aromatic nitrogens is 2. The third kappa shape index (κ3) is 5.56. The molecule has 0 aliphatic carbocycles. The first-order valence-corrected chi connectivity index (χ1v) is 8.17. The fraction of sp³-hybridized carbons (Fsp3) is 0.333. The second kappa shape index (κ2) is 9.36. The molecule has 1 heterocycles. The van der Waals surface area contributed by atoms with Gasteiger partial charge in [-0.1, -0.05) is 13.3 Å². The lowest BCUT2D eigenvalue weighted by atomic mass is 10.2. The number of unbranched alkanes of at least 4 members (excludes halogenated alkanes) is 1. The Kier molecular flexibility index (Phi) is 6.88. The lowest BCUT2D eigenvalue weighted by Gasteiger charge is -2.07. The van der Waals surface area contributed by atoms with Gasteiger partial charge in [-0.25, -0.2) is 14.8 Å². The van der Waals surface area contributed by atoms with Crippen LogP contribution in [0.5, 0.6) is 5.88 Å². The molecule has 1 aromatic heterocycles. The number of hydrogen-bond donors (Lipinski definition) is 1. The molecule has 0 atom stereocenters. The maximum absolute atomic E-state index is 12.2. The molecule has 0 unspecified atom stereocenters. The van der Waals surface area contributed by atoms with Crippen LogP contribution in [0.2, 0.25) is 0 Å². The van der Waals surface area contributed by atoms with Crippen molar-refractivity contribution in [1.29, 1.82) is 0 Å². The Morgan fingerprint density at radius 2 is 1.88 bits per heavy atom. The van der Waals surface area contributed by atoms with Crippen molar-refractivity contribution in [3.63, 3.8) is 0 Å². The van der Waals surface area contributed by atoms with Gasteiger partial charge < -0.3 is 14.8 Å². The highest BCUT2D eigenvalue weighted by molar-refractivity contribution is 6.03. The SMILES string of the molecule is CCCCOC(=O)c1ccc(NC(=O)c2cc(OCC)ncn2)cc1. The van der Waals surface area contributed by atoms with Gasteiger partial charge in [0.1, 0.15) is 12.0 Å². The van der Waals surface area contributed by atoms with Crippen molar-refractivity contribution >= 4 is 17.6 Å². The Labute approximate surface area is 146 Å². The van der Waals surface area contributed by atoms with Crippen LogP contribution in [0, 0.1) is 0 Å². The molecule has 0 bridgehead atoms. The van der Waals surface area contributed by atoms with E-state index in [1.54, 1.807) is 24.3 Å². The molecule has 25 heavy (non-hydrogen) atoms. The topological polar surface area (TPSA) is 90.4 Å². The van der Waals surface area contributed by atoms with Crippen LogP contribution in [0.3, 0.4) is 0 Å². The minimum absolute atomic E-state index is 0.196. The number of nitrogens with one attached hydrogen (secondary N) is 1. The second-order valence-corrected chi connectivity index (χ2v) is 5.20. The van der Waals surface area contributed by atoms with Crippen molar-refractivity contribution in [3.05, 3.63) is 47.9 Å². The van der Waals surface area contributed by atoms with E-state index >= 15 is 0 Å². The third-order valence-corrected chi connectivity index (χ3v) is 3.28. The van der Waals surface area contributed by atoms with Crippen LogP contribution in [-0.4, -0.2) is 35.1 Å². The summed E-state index contributed by atoms with van der Waals surface area (Å²) in [5.74, 6) is -0.419. The summed E-state index contributed by atoms with van der Waals surface area (Å²) in [4.78, 5) is 31.9. The van der Waals surface area contributed by atoms with E-state index in [2.05, 4.69) is 15.3 Å². The van der Waals surface area contributed by atoms with E-state index in [4.69, 9.17) is 9.47 Å². The molecule has 0 aliphatic heterocycles. The Hall–Kier alpha value is -2.96. The Balaban J connectivity index is 1.97. The molecular formula is C18H21N3O4. The smallest absolute Gasteiger partial charge is 0.338 e. The summed E-state index contributed by atoms with van der Waals surface area (Å²) in [5.41, 5.74) is 1.18. The summed E-state index contributed by atoms with van der Waals surface area (Å²) in [6.07, 6.45) is 3.07. The van der Waals surface area contributed by atoms with Crippen LogP contribution in [-0.2, 0) is 4.74 Å². The van der Waals surface area contributed by atoms with Crippen molar-refractivity contribution in [2.75, 3.05) is 18.5 Å². The summed E-state index contributed by atoms with van der Waals surface area (Å²) in [5, 5.41) is 2.71. The summed E-state index contributed by atoms with van der Waals surface area (Å²) < 4.78 is 10.4. The van der Waals surface area contributed by atoms with E-state index in [0.717, 1.165) is 12.8 Å². The number of carbonyl (C=O) groups is 2. The largest absolute Gasteiger partial charge is 0.478 e. The zero-order valence-corrected chi connectivity index (χ0v) is 14.3. The van der Waals surface area contributed by atoms with Gasteiger partial charge in [0.2, 0.25) is 5.88 Å². The summed E-state index contributed by atoms with van der Waals surface area (Å²) in [6, 6.07) is 7.96. The quantitative estimate of drug-likeness (QED) is 0.585. The Morgan fingerprint density at radius 1 is 1.12 bits per heavy atom. The summed E-state index contributed by atoms with van der Waals surface area (Å²) in [6.45, 7) is 4.72. The number of carbonyl (C=O) groups excluding carboxylic acids is 2. The van der Waals surface area contributed by atoms with E-state index < -0.39 is 0 Å². The molecule has 2 rings (SSSR count). The maximum atomic E-state index is 12.2. The molecule has 0 spiro atoms. The van der Waals surface area contributed by atoms with Crippen LogP contribution in [0.15, 0.2) is 36.7 Å². The van der Waals surface area contributed by atoms with Gasteiger partial charge in [0.25, 0.3) is 5.91 Å². The number of nitrogens with zero attached hydrogens (tertiary/aromatic N) is 2. The first-order valence-electron chi connectivity index (χ1n) is 8.17. The standard InChI is InChI=1S/C18H21N3O4/c1-3-5-10-25-18(23)13-6-8-14(9-7-13)21-17(22)15-11-16(24-4-2)20-12-19-15/h6-9,11-12H,3-5,10H2,1-2H3,(H,21,22). The van der Waals surface area contributed by atoms with Gasteiger partial charge in [-0.2, -0.15) is 0 Å². The van der Waals surface area contributed by atoms with E-state index in [1.807, 2.05) is 13.8 Å². The number of rotatable bonds is 8. The van der Waals surface area contributed by atoms with Gasteiger partial charge in [0, 0.05) is 11.8 Å². The first kappa shape index (κ1) is 18.4. The highest BCUT2D eigenvalue weighted by Crippen LogP contribution is 2.13. The fourth-order valence-electron chi connectivity index (χ4n) is 1.97. The van der Waals surface area contributed by atoms with E-state index in [0.29, 0.717) is 30.3 Å². The van der Waals surface area contributed by atoms with E-state index in [9.17, 15) is 9.59 Å². The highest BCUT2D eigenvalue weighted by atomic mass is 16.5. The average molecular weight is 343 g/mol. The second-order valence-electron chi connectivity index (χ2n) is 5.20. The van der Waals surface area contributed by atoms with Gasteiger partial charge in [-0.05, 0) is 37.6 Å². The summed E-state index contributed by atoms with van der Waals surface area (Å²) in [7, 11) is 0. The van der Waals surface area contributed by atoms with Crippen LogP contribution < -0.4 is 10.1 Å². The van der Waals surface area contributed by atoms with E-state index in [-0.39, 0.29) is 17.6 Å². The van der Waals surface area contributed by atoms with Gasteiger partial charge in [0.05, 0.1) is 18.8 Å². The number of amides is 1. The monoisotopic (exact) mass is 343 g/mol.